The first-order valence-electron chi connectivity index (χ1n) is 8.66. The fraction of sp³-hybridized carbons (Fsp3) is 0.300. The summed E-state index contributed by atoms with van der Waals surface area (Å²) in [6.45, 7) is 1.94. The van der Waals surface area contributed by atoms with Gasteiger partial charge in [-0.15, -0.1) is 12.4 Å². The molecule has 7 heteroatoms. The zero-order chi connectivity index (χ0) is 18.5. The molecule has 2 aromatic rings. The third kappa shape index (κ3) is 5.44. The zero-order valence-corrected chi connectivity index (χ0v) is 15.8. The number of nitrogens with zero attached hydrogens (tertiary/aromatic N) is 2. The van der Waals surface area contributed by atoms with Crippen molar-refractivity contribution in [2.45, 2.75) is 12.8 Å². The summed E-state index contributed by atoms with van der Waals surface area (Å²) < 4.78 is 13.7. The van der Waals surface area contributed by atoms with Gasteiger partial charge in [-0.2, -0.15) is 0 Å². The molecule has 27 heavy (non-hydrogen) atoms. The molecule has 0 bridgehead atoms. The SMILES string of the molecule is Cl.Nc1ccc(CC(=O)N2CCN(C(=O)Cc3ccccc3F)CC2)cc1. The number of benzene rings is 2. The Morgan fingerprint density at radius 2 is 1.37 bits per heavy atom. The summed E-state index contributed by atoms with van der Waals surface area (Å²) in [5, 5.41) is 0. The molecule has 144 valence electrons. The van der Waals surface area contributed by atoms with E-state index in [1.165, 1.54) is 6.07 Å². The number of carbonyl (C=O) groups excluding carboxylic acids is 2. The van der Waals surface area contributed by atoms with Gasteiger partial charge in [0.2, 0.25) is 11.8 Å². The molecule has 1 aliphatic rings. The van der Waals surface area contributed by atoms with Gasteiger partial charge in [-0.25, -0.2) is 4.39 Å². The largest absolute Gasteiger partial charge is 0.399 e. The van der Waals surface area contributed by atoms with Crippen molar-refractivity contribution >= 4 is 29.9 Å². The van der Waals surface area contributed by atoms with Crippen molar-refractivity contribution in [3.8, 4) is 0 Å². The second kappa shape index (κ2) is 9.37. The van der Waals surface area contributed by atoms with E-state index in [1.807, 2.05) is 12.1 Å². The molecule has 1 saturated heterocycles. The van der Waals surface area contributed by atoms with Crippen LogP contribution in [0.1, 0.15) is 11.1 Å². The molecule has 2 amide bonds. The monoisotopic (exact) mass is 391 g/mol. The normalized spacial score (nSPS) is 13.8. The smallest absolute Gasteiger partial charge is 0.227 e. The van der Waals surface area contributed by atoms with Gasteiger partial charge in [-0.3, -0.25) is 9.59 Å². The van der Waals surface area contributed by atoms with Crippen molar-refractivity contribution in [3.05, 3.63) is 65.5 Å². The van der Waals surface area contributed by atoms with Gasteiger partial charge >= 0.3 is 0 Å². The molecule has 0 aliphatic carbocycles. The Kier molecular flexibility index (Phi) is 7.19. The summed E-state index contributed by atoms with van der Waals surface area (Å²) in [7, 11) is 0. The van der Waals surface area contributed by atoms with Crippen LogP contribution in [0.5, 0.6) is 0 Å². The fourth-order valence-electron chi connectivity index (χ4n) is 3.04. The van der Waals surface area contributed by atoms with Crippen LogP contribution >= 0.6 is 12.4 Å². The average molecular weight is 392 g/mol. The second-order valence-corrected chi connectivity index (χ2v) is 6.45. The first kappa shape index (κ1) is 20.7. The predicted molar refractivity (Wildman–Crippen MR) is 105 cm³/mol. The van der Waals surface area contributed by atoms with Crippen molar-refractivity contribution in [3.63, 3.8) is 0 Å². The topological polar surface area (TPSA) is 66.6 Å². The van der Waals surface area contributed by atoms with Crippen LogP contribution in [-0.2, 0) is 22.4 Å². The van der Waals surface area contributed by atoms with E-state index < -0.39 is 0 Å². The lowest BCUT2D eigenvalue weighted by atomic mass is 10.1. The van der Waals surface area contributed by atoms with E-state index in [0.717, 1.165) is 5.56 Å². The number of hydrogen-bond acceptors (Lipinski definition) is 3. The van der Waals surface area contributed by atoms with Gasteiger partial charge in [0.15, 0.2) is 0 Å². The van der Waals surface area contributed by atoms with E-state index in [-0.39, 0.29) is 36.5 Å². The molecule has 0 aromatic heterocycles. The Morgan fingerprint density at radius 3 is 1.93 bits per heavy atom. The molecule has 2 N–H and O–H groups in total. The van der Waals surface area contributed by atoms with Gasteiger partial charge in [0.1, 0.15) is 5.82 Å². The first-order chi connectivity index (χ1) is 12.5. The minimum absolute atomic E-state index is 0. The standard InChI is InChI=1S/C20H22FN3O2.ClH/c21-18-4-2-1-3-16(18)14-20(26)24-11-9-23(10-12-24)19(25)13-15-5-7-17(22)8-6-15;/h1-8H,9-14,22H2;1H. The maximum absolute atomic E-state index is 13.7. The molecule has 0 spiro atoms. The third-order valence-electron chi connectivity index (χ3n) is 4.62. The number of hydrogen-bond donors (Lipinski definition) is 1. The van der Waals surface area contributed by atoms with Gasteiger partial charge < -0.3 is 15.5 Å². The number of nitrogen functional groups attached to an aromatic ring is 1. The minimum Gasteiger partial charge on any atom is -0.399 e. The molecular weight excluding hydrogens is 369 g/mol. The van der Waals surface area contributed by atoms with Gasteiger partial charge in [-0.05, 0) is 29.3 Å². The van der Waals surface area contributed by atoms with Crippen LogP contribution < -0.4 is 5.73 Å². The predicted octanol–water partition coefficient (Wildman–Crippen LogP) is 2.29. The summed E-state index contributed by atoms with van der Waals surface area (Å²) in [5.41, 5.74) is 7.64. The van der Waals surface area contributed by atoms with Gasteiger partial charge in [-0.1, -0.05) is 30.3 Å². The van der Waals surface area contributed by atoms with Crippen LogP contribution in [0.25, 0.3) is 0 Å². The summed E-state index contributed by atoms with van der Waals surface area (Å²) >= 11 is 0. The van der Waals surface area contributed by atoms with E-state index in [9.17, 15) is 14.0 Å². The molecular formula is C20H23ClFN3O2. The van der Waals surface area contributed by atoms with Crippen molar-refractivity contribution in [2.24, 2.45) is 0 Å². The zero-order valence-electron chi connectivity index (χ0n) is 14.9. The van der Waals surface area contributed by atoms with E-state index >= 15 is 0 Å². The average Bonchev–Trinajstić information content (AvgIpc) is 2.65. The van der Waals surface area contributed by atoms with Crippen molar-refractivity contribution < 1.29 is 14.0 Å². The Morgan fingerprint density at radius 1 is 0.852 bits per heavy atom. The number of amides is 2. The van der Waals surface area contributed by atoms with E-state index in [4.69, 9.17) is 5.73 Å². The highest BCUT2D eigenvalue weighted by atomic mass is 35.5. The molecule has 1 heterocycles. The Labute approximate surface area is 164 Å². The Bertz CT molecular complexity index is 790. The summed E-state index contributed by atoms with van der Waals surface area (Å²) in [4.78, 5) is 28.2. The summed E-state index contributed by atoms with van der Waals surface area (Å²) in [6.07, 6.45) is 0.371. The van der Waals surface area contributed by atoms with Crippen LogP contribution in [-0.4, -0.2) is 47.8 Å². The number of anilines is 1. The first-order valence-corrected chi connectivity index (χ1v) is 8.66. The van der Waals surface area contributed by atoms with E-state index in [2.05, 4.69) is 0 Å². The lowest BCUT2D eigenvalue weighted by Crippen LogP contribution is -2.51. The summed E-state index contributed by atoms with van der Waals surface area (Å²) in [5.74, 6) is -0.435. The third-order valence-corrected chi connectivity index (χ3v) is 4.62. The molecule has 2 aromatic carbocycles. The van der Waals surface area contributed by atoms with Crippen LogP contribution in [0, 0.1) is 5.82 Å². The Hall–Kier alpha value is -2.60. The number of carbonyl (C=O) groups is 2. The van der Waals surface area contributed by atoms with Gasteiger partial charge in [0, 0.05) is 31.9 Å². The second-order valence-electron chi connectivity index (χ2n) is 6.45. The van der Waals surface area contributed by atoms with Crippen molar-refractivity contribution in [1.82, 2.24) is 9.80 Å². The van der Waals surface area contributed by atoms with Gasteiger partial charge in [0.05, 0.1) is 12.8 Å². The molecule has 5 nitrogen and oxygen atoms in total. The van der Waals surface area contributed by atoms with Crippen LogP contribution in [0.4, 0.5) is 10.1 Å². The minimum atomic E-state index is -0.363. The van der Waals surface area contributed by atoms with E-state index in [0.29, 0.717) is 43.9 Å². The lowest BCUT2D eigenvalue weighted by molar-refractivity contribution is -0.138. The molecule has 1 fully saturated rings. The van der Waals surface area contributed by atoms with Crippen LogP contribution in [0.2, 0.25) is 0 Å². The maximum Gasteiger partial charge on any atom is 0.227 e. The highest BCUT2D eigenvalue weighted by Crippen LogP contribution is 2.12. The van der Waals surface area contributed by atoms with Crippen molar-refractivity contribution in [1.29, 1.82) is 0 Å². The maximum atomic E-state index is 13.7. The Balaban J connectivity index is 0.00000261. The van der Waals surface area contributed by atoms with Crippen LogP contribution in [0.15, 0.2) is 48.5 Å². The highest BCUT2D eigenvalue weighted by Gasteiger charge is 2.24. The fourth-order valence-corrected chi connectivity index (χ4v) is 3.04. The molecule has 0 saturated carbocycles. The highest BCUT2D eigenvalue weighted by molar-refractivity contribution is 5.85. The van der Waals surface area contributed by atoms with Crippen LogP contribution in [0.3, 0.4) is 0 Å². The van der Waals surface area contributed by atoms with E-state index in [1.54, 1.807) is 40.1 Å². The molecule has 1 aliphatic heterocycles. The molecule has 0 radical (unpaired) electrons. The molecule has 3 rings (SSSR count). The molecule has 0 atom stereocenters. The number of piperazine rings is 1. The lowest BCUT2D eigenvalue weighted by Gasteiger charge is -2.35. The number of rotatable bonds is 4. The molecule has 0 unspecified atom stereocenters. The number of halogens is 2. The quantitative estimate of drug-likeness (QED) is 0.813. The van der Waals surface area contributed by atoms with Gasteiger partial charge in [0.25, 0.3) is 0 Å². The van der Waals surface area contributed by atoms with Crippen molar-refractivity contribution in [2.75, 3.05) is 31.9 Å². The number of nitrogens with two attached hydrogens (primary N) is 1. The summed E-state index contributed by atoms with van der Waals surface area (Å²) in [6, 6.07) is 13.6.